The van der Waals surface area contributed by atoms with Crippen LogP contribution < -0.4 is 10.4 Å². The van der Waals surface area contributed by atoms with E-state index in [0.717, 1.165) is 42.6 Å². The molecular weight excluding hydrogens is 564 g/mol. The summed E-state index contributed by atoms with van der Waals surface area (Å²) in [6, 6.07) is 5.61. The fraction of sp³-hybridized carbons (Fsp3) is 0.500. The van der Waals surface area contributed by atoms with Gasteiger partial charge in [0, 0.05) is 38.3 Å². The topological polar surface area (TPSA) is 65.0 Å². The number of hydrogen-bond donors (Lipinski definition) is 2. The first-order valence-corrected chi connectivity index (χ1v) is 14.0. The lowest BCUT2D eigenvalue weighted by molar-refractivity contribution is -0.143. The fourth-order valence-corrected chi connectivity index (χ4v) is 5.46. The molecule has 0 bridgehead atoms. The molecule has 1 atom stereocenters. The van der Waals surface area contributed by atoms with Gasteiger partial charge in [-0.2, -0.15) is 26.3 Å². The largest absolute Gasteiger partial charge is 0.481 e. The number of benzene rings is 2. The second-order valence-electron chi connectivity index (χ2n) is 10.8. The Morgan fingerprint density at radius 2 is 1.60 bits per heavy atom. The number of aliphatic carboxylic acids is 1. The monoisotopic (exact) mass is 599 g/mol. The van der Waals surface area contributed by atoms with Gasteiger partial charge >= 0.3 is 18.3 Å². The van der Waals surface area contributed by atoms with Gasteiger partial charge in [-0.1, -0.05) is 6.07 Å². The number of hydrogen-bond acceptors (Lipinski definition) is 5. The average molecular weight is 600 g/mol. The number of halogens is 6. The van der Waals surface area contributed by atoms with Crippen molar-refractivity contribution in [2.75, 3.05) is 18.0 Å². The molecule has 0 saturated carbocycles. The third kappa shape index (κ3) is 7.90. The first kappa shape index (κ1) is 31.5. The van der Waals surface area contributed by atoms with Crippen LogP contribution in [0.25, 0.3) is 0 Å². The number of unbranched alkanes of at least 4 members (excludes halogenated alkanes) is 1. The van der Waals surface area contributed by atoms with Crippen molar-refractivity contribution in [1.29, 1.82) is 0 Å². The first-order valence-electron chi connectivity index (χ1n) is 14.0. The molecule has 230 valence electrons. The van der Waals surface area contributed by atoms with Crippen LogP contribution in [0.1, 0.15) is 72.9 Å². The number of nitrogens with one attached hydrogen (secondary N) is 1. The summed E-state index contributed by atoms with van der Waals surface area (Å²) in [4.78, 5) is 20.4. The maximum Gasteiger partial charge on any atom is 0.416 e. The molecule has 2 aromatic rings. The molecule has 0 radical (unpaired) electrons. The Kier molecular flexibility index (Phi) is 9.64. The lowest BCUT2D eigenvalue weighted by atomic mass is 10.0. The van der Waals surface area contributed by atoms with Crippen LogP contribution in [0, 0.1) is 0 Å². The van der Waals surface area contributed by atoms with E-state index >= 15 is 0 Å². The van der Waals surface area contributed by atoms with Gasteiger partial charge in [-0.25, -0.2) is 0 Å². The molecule has 0 amide bonds. The minimum atomic E-state index is -4.95. The Bertz CT molecular complexity index is 1280. The lowest BCUT2D eigenvalue weighted by Crippen LogP contribution is -2.29. The second-order valence-corrected chi connectivity index (χ2v) is 10.8. The van der Waals surface area contributed by atoms with Crippen LogP contribution >= 0.6 is 0 Å². The van der Waals surface area contributed by atoms with E-state index in [0.29, 0.717) is 31.8 Å². The summed E-state index contributed by atoms with van der Waals surface area (Å²) >= 11 is 0. The van der Waals surface area contributed by atoms with Crippen molar-refractivity contribution < 1.29 is 41.1 Å². The molecule has 1 aliphatic carbocycles. The maximum absolute atomic E-state index is 13.6. The number of fused-ring (bicyclic) bond motifs is 1. The SMILES string of the molecule is CCN(CCCCC(=O)O)c1cc2c(cc1CN(Cc1cc(C(F)(F)F)cc(C(F)(F)F)c1)C1=CC(C)NO1)CCC2. The standard InChI is InChI=1S/C30H35F6N3O3/c1-3-38(10-5-4-9-28(40)41)26-15-22-8-6-7-21(22)14-23(26)18-39(27-11-19(2)37-42-27)17-20-12-24(29(31,32)33)16-25(13-20)30(34,35)36/h11-16,19,37H,3-10,17-18H2,1-2H3,(H,40,41). The molecule has 2 aromatic carbocycles. The van der Waals surface area contributed by atoms with Gasteiger partial charge in [0.1, 0.15) is 0 Å². The van der Waals surface area contributed by atoms with Gasteiger partial charge in [0.2, 0.25) is 5.88 Å². The van der Waals surface area contributed by atoms with Gasteiger partial charge < -0.3 is 19.7 Å². The molecule has 0 spiro atoms. The van der Waals surface area contributed by atoms with E-state index in [4.69, 9.17) is 9.94 Å². The van der Waals surface area contributed by atoms with E-state index in [1.807, 2.05) is 13.8 Å². The minimum Gasteiger partial charge on any atom is -0.481 e. The quantitative estimate of drug-likeness (QED) is 0.201. The van der Waals surface area contributed by atoms with Crippen LogP contribution in [0.4, 0.5) is 32.0 Å². The Morgan fingerprint density at radius 1 is 0.952 bits per heavy atom. The van der Waals surface area contributed by atoms with E-state index in [1.54, 1.807) is 11.0 Å². The van der Waals surface area contributed by atoms with Crippen LogP contribution in [0.2, 0.25) is 0 Å². The van der Waals surface area contributed by atoms with Crippen molar-refractivity contribution in [2.24, 2.45) is 0 Å². The molecule has 42 heavy (non-hydrogen) atoms. The first-order chi connectivity index (χ1) is 19.7. The molecule has 0 saturated heterocycles. The number of carboxylic acid groups (broad SMARTS) is 1. The van der Waals surface area contributed by atoms with Crippen molar-refractivity contribution >= 4 is 11.7 Å². The Balaban J connectivity index is 1.71. The van der Waals surface area contributed by atoms with Crippen molar-refractivity contribution in [3.8, 4) is 0 Å². The van der Waals surface area contributed by atoms with E-state index in [1.165, 1.54) is 11.1 Å². The summed E-state index contributed by atoms with van der Waals surface area (Å²) in [5.41, 5.74) is 4.06. The summed E-state index contributed by atoms with van der Waals surface area (Å²) in [6.07, 6.45) is -4.14. The highest BCUT2D eigenvalue weighted by Crippen LogP contribution is 2.38. The summed E-state index contributed by atoms with van der Waals surface area (Å²) in [5, 5.41) is 9.00. The third-order valence-corrected chi connectivity index (χ3v) is 7.52. The normalized spacial score (nSPS) is 16.7. The third-order valence-electron chi connectivity index (χ3n) is 7.52. The molecule has 4 rings (SSSR count). The van der Waals surface area contributed by atoms with E-state index in [9.17, 15) is 31.1 Å². The molecule has 2 aliphatic rings. The van der Waals surface area contributed by atoms with Gasteiger partial charge in [-0.3, -0.25) is 4.79 Å². The molecule has 1 unspecified atom stereocenters. The van der Waals surface area contributed by atoms with Gasteiger partial charge in [0.15, 0.2) is 0 Å². The zero-order valence-corrected chi connectivity index (χ0v) is 23.5. The van der Waals surface area contributed by atoms with Crippen LogP contribution in [0.15, 0.2) is 42.3 Å². The van der Waals surface area contributed by atoms with Gasteiger partial charge in [-0.05, 0) is 98.5 Å². The number of rotatable bonds is 12. The number of carboxylic acids is 1. The molecule has 6 nitrogen and oxygen atoms in total. The molecule has 1 aliphatic heterocycles. The Hall–Kier alpha value is -3.41. The smallest absolute Gasteiger partial charge is 0.416 e. The Morgan fingerprint density at radius 3 is 2.14 bits per heavy atom. The molecule has 0 aromatic heterocycles. The highest BCUT2D eigenvalue weighted by Gasteiger charge is 2.37. The van der Waals surface area contributed by atoms with Gasteiger partial charge in [-0.15, -0.1) is 5.48 Å². The predicted molar refractivity (Wildman–Crippen MR) is 145 cm³/mol. The van der Waals surface area contributed by atoms with Crippen molar-refractivity contribution in [1.82, 2.24) is 10.4 Å². The van der Waals surface area contributed by atoms with Crippen LogP contribution in [-0.2, 0) is 47.9 Å². The zero-order chi connectivity index (χ0) is 30.7. The minimum absolute atomic E-state index is 0.0654. The lowest BCUT2D eigenvalue weighted by Gasteiger charge is -2.31. The number of nitrogens with zero attached hydrogens (tertiary/aromatic N) is 2. The van der Waals surface area contributed by atoms with Gasteiger partial charge in [0.25, 0.3) is 0 Å². The maximum atomic E-state index is 13.6. The van der Waals surface area contributed by atoms with E-state index < -0.39 is 29.4 Å². The number of alkyl halides is 6. The average Bonchev–Trinajstić information content (AvgIpc) is 3.55. The van der Waals surface area contributed by atoms with Crippen LogP contribution in [0.5, 0.6) is 0 Å². The summed E-state index contributed by atoms with van der Waals surface area (Å²) < 4.78 is 81.5. The van der Waals surface area contributed by atoms with Gasteiger partial charge in [0.05, 0.1) is 17.2 Å². The van der Waals surface area contributed by atoms with E-state index in [-0.39, 0.29) is 37.2 Å². The summed E-state index contributed by atoms with van der Waals surface area (Å²) in [6.45, 7) is 4.96. The number of hydroxylamine groups is 1. The summed E-state index contributed by atoms with van der Waals surface area (Å²) in [7, 11) is 0. The molecular formula is C30H35F6N3O3. The fourth-order valence-electron chi connectivity index (χ4n) is 5.46. The predicted octanol–water partition coefficient (Wildman–Crippen LogP) is 7.06. The Labute approximate surface area is 240 Å². The number of aryl methyl sites for hydroxylation is 2. The van der Waals surface area contributed by atoms with Crippen molar-refractivity contribution in [3.05, 3.63) is 75.7 Å². The molecule has 1 heterocycles. The molecule has 12 heteroatoms. The highest BCUT2D eigenvalue weighted by molar-refractivity contribution is 5.66. The van der Waals surface area contributed by atoms with E-state index in [2.05, 4.69) is 22.5 Å². The second kappa shape index (κ2) is 12.8. The molecule has 2 N–H and O–H groups in total. The van der Waals surface area contributed by atoms with Crippen LogP contribution in [-0.4, -0.2) is 35.1 Å². The van der Waals surface area contributed by atoms with Crippen molar-refractivity contribution in [2.45, 2.75) is 83.9 Å². The highest BCUT2D eigenvalue weighted by atomic mass is 19.4. The zero-order valence-electron chi connectivity index (χ0n) is 23.5. The van der Waals surface area contributed by atoms with Crippen molar-refractivity contribution in [3.63, 3.8) is 0 Å². The molecule has 0 fully saturated rings. The number of anilines is 1. The van der Waals surface area contributed by atoms with Crippen LogP contribution in [0.3, 0.4) is 0 Å². The summed E-state index contributed by atoms with van der Waals surface area (Å²) in [5.74, 6) is -0.549. The number of carbonyl (C=O) groups is 1.